The fourth-order valence-electron chi connectivity index (χ4n) is 4.83. The summed E-state index contributed by atoms with van der Waals surface area (Å²) in [6.45, 7) is 7.52. The summed E-state index contributed by atoms with van der Waals surface area (Å²) in [5.74, 6) is 2.58. The summed E-state index contributed by atoms with van der Waals surface area (Å²) in [5.41, 5.74) is 2.27. The lowest BCUT2D eigenvalue weighted by molar-refractivity contribution is 0.0902. The van der Waals surface area contributed by atoms with Crippen molar-refractivity contribution in [3.05, 3.63) is 54.9 Å². The predicted molar refractivity (Wildman–Crippen MR) is 138 cm³/mol. The lowest BCUT2D eigenvalue weighted by Crippen LogP contribution is -2.46. The largest absolute Gasteiger partial charge is 0.377 e. The normalized spacial score (nSPS) is 18.9. The Hall–Kier alpha value is -3.72. The number of fused-ring (bicyclic) bond motifs is 2. The van der Waals surface area contributed by atoms with Gasteiger partial charge in [-0.05, 0) is 63.1 Å². The fraction of sp³-hybridized carbons (Fsp3) is 0.385. The van der Waals surface area contributed by atoms with Crippen molar-refractivity contribution in [2.75, 3.05) is 46.7 Å². The van der Waals surface area contributed by atoms with Gasteiger partial charge in [-0.1, -0.05) is 0 Å². The summed E-state index contributed by atoms with van der Waals surface area (Å²) >= 11 is 0. The summed E-state index contributed by atoms with van der Waals surface area (Å²) in [6.07, 6.45) is 5.53. The van der Waals surface area contributed by atoms with Crippen LogP contribution in [0.25, 0.3) is 11.4 Å². The molecule has 2 saturated heterocycles. The van der Waals surface area contributed by atoms with Gasteiger partial charge in [0.15, 0.2) is 5.82 Å². The van der Waals surface area contributed by atoms with Crippen LogP contribution < -0.4 is 20.4 Å². The molecule has 5 rings (SSSR count). The number of hydrogen-bond acceptors (Lipinski definition) is 7. The summed E-state index contributed by atoms with van der Waals surface area (Å²) in [4.78, 5) is 30.9. The third-order valence-electron chi connectivity index (χ3n) is 6.63. The zero-order valence-corrected chi connectivity index (χ0v) is 20.1. The second-order valence-corrected chi connectivity index (χ2v) is 8.80. The Morgan fingerprint density at radius 2 is 1.60 bits per heavy atom. The molecule has 0 aliphatic carbocycles. The number of nitrogens with one attached hydrogen (secondary N) is 2. The molecule has 2 unspecified atom stereocenters. The highest BCUT2D eigenvalue weighted by atomic mass is 16.5. The predicted octanol–water partition coefficient (Wildman–Crippen LogP) is 4.40. The molecule has 9 nitrogen and oxygen atoms in total. The standard InChI is InChI=1S/C26H31N7O2/c1-3-32(4-2)23-15-24(33-21-9-10-22(33)17-35-16-21)31-25(30-23)18-5-7-19(8-6-18)28-26(34)29-20-11-13-27-14-12-20/h5-8,11-15,21-22H,3-4,9-10,16-17H2,1-2H3,(H2,27,28,29,34). The van der Waals surface area contributed by atoms with Crippen LogP contribution in [0.5, 0.6) is 0 Å². The van der Waals surface area contributed by atoms with Gasteiger partial charge in [0.05, 0.1) is 25.3 Å². The van der Waals surface area contributed by atoms with Crippen LogP contribution >= 0.6 is 0 Å². The zero-order valence-electron chi connectivity index (χ0n) is 20.1. The van der Waals surface area contributed by atoms with Gasteiger partial charge < -0.3 is 25.2 Å². The van der Waals surface area contributed by atoms with E-state index >= 15 is 0 Å². The van der Waals surface area contributed by atoms with E-state index in [1.807, 2.05) is 24.3 Å². The van der Waals surface area contributed by atoms with Gasteiger partial charge in [-0.25, -0.2) is 14.8 Å². The first-order valence-electron chi connectivity index (χ1n) is 12.2. The van der Waals surface area contributed by atoms with E-state index in [0.717, 1.165) is 56.3 Å². The summed E-state index contributed by atoms with van der Waals surface area (Å²) in [7, 11) is 0. The minimum atomic E-state index is -0.311. The lowest BCUT2D eigenvalue weighted by Gasteiger charge is -2.36. The lowest BCUT2D eigenvalue weighted by atomic mass is 10.2. The summed E-state index contributed by atoms with van der Waals surface area (Å²) in [5, 5.41) is 5.65. The van der Waals surface area contributed by atoms with Crippen LogP contribution in [0.4, 0.5) is 27.8 Å². The van der Waals surface area contributed by atoms with Gasteiger partial charge in [0, 0.05) is 48.5 Å². The van der Waals surface area contributed by atoms with Crippen LogP contribution in [0.3, 0.4) is 0 Å². The molecule has 182 valence electrons. The van der Waals surface area contributed by atoms with Crippen molar-refractivity contribution in [1.29, 1.82) is 0 Å². The smallest absolute Gasteiger partial charge is 0.323 e. The van der Waals surface area contributed by atoms with Crippen molar-refractivity contribution in [3.63, 3.8) is 0 Å². The number of carbonyl (C=O) groups excluding carboxylic acids is 1. The molecule has 2 aliphatic heterocycles. The van der Waals surface area contributed by atoms with Crippen LogP contribution in [0.2, 0.25) is 0 Å². The average Bonchev–Trinajstić information content (AvgIpc) is 3.13. The summed E-state index contributed by atoms with van der Waals surface area (Å²) < 4.78 is 5.79. The molecular weight excluding hydrogens is 442 g/mol. The average molecular weight is 474 g/mol. The molecule has 4 heterocycles. The first kappa shape index (κ1) is 23.0. The van der Waals surface area contributed by atoms with Gasteiger partial charge in [0.1, 0.15) is 11.6 Å². The van der Waals surface area contributed by atoms with E-state index in [-0.39, 0.29) is 6.03 Å². The van der Waals surface area contributed by atoms with Crippen LogP contribution in [-0.2, 0) is 4.74 Å². The van der Waals surface area contributed by atoms with Gasteiger partial charge in [-0.3, -0.25) is 4.98 Å². The number of ether oxygens (including phenoxy) is 1. The molecule has 0 spiro atoms. The van der Waals surface area contributed by atoms with Crippen molar-refractivity contribution in [2.24, 2.45) is 0 Å². The molecule has 0 radical (unpaired) electrons. The number of carbonyl (C=O) groups is 1. The van der Waals surface area contributed by atoms with E-state index in [2.05, 4.69) is 45.3 Å². The minimum Gasteiger partial charge on any atom is -0.377 e. The third-order valence-corrected chi connectivity index (χ3v) is 6.63. The minimum absolute atomic E-state index is 0.311. The number of urea groups is 1. The van der Waals surface area contributed by atoms with E-state index in [1.54, 1.807) is 24.5 Å². The van der Waals surface area contributed by atoms with Gasteiger partial charge in [0.25, 0.3) is 0 Å². The number of morpholine rings is 1. The maximum atomic E-state index is 12.3. The molecule has 2 fully saturated rings. The maximum Gasteiger partial charge on any atom is 0.323 e. The van der Waals surface area contributed by atoms with E-state index in [9.17, 15) is 4.79 Å². The monoisotopic (exact) mass is 473 g/mol. The molecule has 2 N–H and O–H groups in total. The molecule has 0 saturated carbocycles. The zero-order chi connectivity index (χ0) is 24.2. The van der Waals surface area contributed by atoms with Crippen LogP contribution in [0.1, 0.15) is 26.7 Å². The topological polar surface area (TPSA) is 95.5 Å². The van der Waals surface area contributed by atoms with Crippen LogP contribution in [-0.4, -0.2) is 59.4 Å². The number of hydrogen-bond donors (Lipinski definition) is 2. The van der Waals surface area contributed by atoms with Crippen LogP contribution in [0, 0.1) is 0 Å². The van der Waals surface area contributed by atoms with Crippen molar-refractivity contribution >= 4 is 29.0 Å². The van der Waals surface area contributed by atoms with Crippen molar-refractivity contribution in [2.45, 2.75) is 38.8 Å². The Morgan fingerprint density at radius 3 is 2.23 bits per heavy atom. The number of aromatic nitrogens is 3. The molecule has 2 aromatic heterocycles. The van der Waals surface area contributed by atoms with Gasteiger partial charge in [0.2, 0.25) is 0 Å². The molecule has 1 aromatic carbocycles. The highest BCUT2D eigenvalue weighted by molar-refractivity contribution is 5.99. The third kappa shape index (κ3) is 5.05. The number of rotatable bonds is 7. The van der Waals surface area contributed by atoms with E-state index in [1.165, 1.54) is 0 Å². The quantitative estimate of drug-likeness (QED) is 0.525. The highest BCUT2D eigenvalue weighted by Gasteiger charge is 2.38. The Morgan fingerprint density at radius 1 is 0.971 bits per heavy atom. The van der Waals surface area contributed by atoms with Crippen molar-refractivity contribution in [3.8, 4) is 11.4 Å². The molecule has 9 heteroatoms. The molecule has 2 atom stereocenters. The van der Waals surface area contributed by atoms with E-state index in [4.69, 9.17) is 14.7 Å². The Kier molecular flexibility index (Phi) is 6.76. The SMILES string of the molecule is CCN(CC)c1cc(N2C3CCC2COC3)nc(-c2ccc(NC(=O)Nc3ccncc3)cc2)n1. The van der Waals surface area contributed by atoms with Gasteiger partial charge in [-0.2, -0.15) is 0 Å². The number of amides is 2. The first-order valence-corrected chi connectivity index (χ1v) is 12.2. The second-order valence-electron chi connectivity index (χ2n) is 8.80. The molecule has 35 heavy (non-hydrogen) atoms. The van der Waals surface area contributed by atoms with Crippen LogP contribution in [0.15, 0.2) is 54.9 Å². The summed E-state index contributed by atoms with van der Waals surface area (Å²) in [6, 6.07) is 13.6. The Balaban J connectivity index is 1.39. The first-order chi connectivity index (χ1) is 17.1. The number of nitrogens with zero attached hydrogens (tertiary/aromatic N) is 5. The fourth-order valence-corrected chi connectivity index (χ4v) is 4.83. The second kappa shape index (κ2) is 10.3. The number of anilines is 4. The maximum absolute atomic E-state index is 12.3. The van der Waals surface area contributed by atoms with Gasteiger partial charge >= 0.3 is 6.03 Å². The molecule has 2 bridgehead atoms. The number of pyridine rings is 1. The van der Waals surface area contributed by atoms with Gasteiger partial charge in [-0.15, -0.1) is 0 Å². The molecule has 2 aliphatic rings. The number of benzene rings is 1. The Labute approximate surface area is 205 Å². The molecule has 3 aromatic rings. The Bertz CT molecular complexity index is 1140. The van der Waals surface area contributed by atoms with E-state index in [0.29, 0.717) is 29.3 Å². The molecule has 2 amide bonds. The molecular formula is C26H31N7O2. The highest BCUT2D eigenvalue weighted by Crippen LogP contribution is 2.35. The van der Waals surface area contributed by atoms with Crippen molar-refractivity contribution < 1.29 is 9.53 Å². The van der Waals surface area contributed by atoms with Crippen molar-refractivity contribution in [1.82, 2.24) is 15.0 Å². The van der Waals surface area contributed by atoms with E-state index < -0.39 is 0 Å².